The molecule has 0 radical (unpaired) electrons. The molecule has 0 bridgehead atoms. The molecule has 0 aliphatic heterocycles. The number of anilines is 1. The number of nitrogens with one attached hydrogen (secondary N) is 1. The van der Waals surface area contributed by atoms with E-state index >= 15 is 0 Å². The van der Waals surface area contributed by atoms with E-state index in [4.69, 9.17) is 0 Å². The van der Waals surface area contributed by atoms with Gasteiger partial charge < -0.3 is 5.32 Å². The van der Waals surface area contributed by atoms with Crippen molar-refractivity contribution in [1.29, 1.82) is 0 Å². The van der Waals surface area contributed by atoms with Gasteiger partial charge in [0.1, 0.15) is 0 Å². The third kappa shape index (κ3) is 4.22. The maximum atomic E-state index is 10.8. The first-order chi connectivity index (χ1) is 10.9. The van der Waals surface area contributed by atoms with Crippen molar-refractivity contribution >= 4 is 11.6 Å². The van der Waals surface area contributed by atoms with Gasteiger partial charge in [0.2, 0.25) is 5.91 Å². The van der Waals surface area contributed by atoms with E-state index < -0.39 is 0 Å². The summed E-state index contributed by atoms with van der Waals surface area (Å²) < 4.78 is 0. The summed E-state index contributed by atoms with van der Waals surface area (Å²) in [5.74, 6) is 0.775. The van der Waals surface area contributed by atoms with Crippen LogP contribution in [-0.4, -0.2) is 5.91 Å². The van der Waals surface area contributed by atoms with E-state index in [2.05, 4.69) is 37.4 Å². The van der Waals surface area contributed by atoms with Crippen LogP contribution in [0.4, 0.5) is 5.69 Å². The van der Waals surface area contributed by atoms with Crippen LogP contribution >= 0.6 is 0 Å². The number of amides is 1. The van der Waals surface area contributed by atoms with Crippen LogP contribution in [0.15, 0.2) is 36.4 Å². The van der Waals surface area contributed by atoms with Crippen molar-refractivity contribution in [1.82, 2.24) is 0 Å². The lowest BCUT2D eigenvalue weighted by molar-refractivity contribution is -0.114. The highest BCUT2D eigenvalue weighted by molar-refractivity contribution is 5.90. The average molecular weight is 309 g/mol. The molecule has 122 valence electrons. The number of hydrogen-bond acceptors (Lipinski definition) is 1. The van der Waals surface area contributed by atoms with Crippen molar-refractivity contribution in [2.24, 2.45) is 0 Å². The highest BCUT2D eigenvalue weighted by Crippen LogP contribution is 2.33. The van der Waals surface area contributed by atoms with E-state index in [1.54, 1.807) is 11.1 Å². The van der Waals surface area contributed by atoms with E-state index in [1.807, 2.05) is 32.0 Å². The molecule has 2 heteroatoms. The Morgan fingerprint density at radius 1 is 1.00 bits per heavy atom. The molecule has 1 atom stereocenters. The molecular weight excluding hydrogens is 282 g/mol. The van der Waals surface area contributed by atoms with Crippen LogP contribution in [0, 0.1) is 20.8 Å². The molecule has 0 saturated carbocycles. The number of fused-ring (bicyclic) bond motifs is 1. The zero-order valence-electron chi connectivity index (χ0n) is 14.9. The SMILES string of the molecule is CC(=O)Nc1c(C)cccc1C.Cc1cccc2c1CC[C@H]2C. The predicted molar refractivity (Wildman–Crippen MR) is 98.1 cm³/mol. The predicted octanol–water partition coefficient (Wildman–Crippen LogP) is 5.31. The number of hydrogen-bond donors (Lipinski definition) is 1. The van der Waals surface area contributed by atoms with Gasteiger partial charge >= 0.3 is 0 Å². The second kappa shape index (κ2) is 7.45. The molecule has 2 aromatic rings. The summed E-state index contributed by atoms with van der Waals surface area (Å²) in [4.78, 5) is 10.8. The maximum absolute atomic E-state index is 10.8. The molecular formula is C21H27NO. The first kappa shape index (κ1) is 17.3. The molecule has 0 fully saturated rings. The minimum Gasteiger partial charge on any atom is -0.326 e. The highest BCUT2D eigenvalue weighted by Gasteiger charge is 2.18. The van der Waals surface area contributed by atoms with Gasteiger partial charge in [-0.05, 0) is 67.3 Å². The van der Waals surface area contributed by atoms with Gasteiger partial charge in [-0.2, -0.15) is 0 Å². The Labute approximate surface area is 139 Å². The summed E-state index contributed by atoms with van der Waals surface area (Å²) in [6, 6.07) is 12.6. The number of carbonyl (C=O) groups is 1. The fraction of sp³-hybridized carbons (Fsp3) is 0.381. The molecule has 0 saturated heterocycles. The Kier molecular flexibility index (Phi) is 5.59. The maximum Gasteiger partial charge on any atom is 0.221 e. The van der Waals surface area contributed by atoms with Gasteiger partial charge in [0, 0.05) is 12.6 Å². The Hall–Kier alpha value is -2.09. The molecule has 2 aromatic carbocycles. The van der Waals surface area contributed by atoms with Gasteiger partial charge in [-0.25, -0.2) is 0 Å². The van der Waals surface area contributed by atoms with Crippen LogP contribution in [-0.2, 0) is 11.2 Å². The van der Waals surface area contributed by atoms with Crippen molar-refractivity contribution in [2.75, 3.05) is 5.32 Å². The summed E-state index contributed by atoms with van der Waals surface area (Å²) >= 11 is 0. The zero-order chi connectivity index (χ0) is 17.0. The Morgan fingerprint density at radius 2 is 1.57 bits per heavy atom. The highest BCUT2D eigenvalue weighted by atomic mass is 16.1. The Balaban J connectivity index is 0.000000167. The van der Waals surface area contributed by atoms with Gasteiger partial charge in [-0.3, -0.25) is 4.79 Å². The van der Waals surface area contributed by atoms with Crippen LogP contribution in [0.3, 0.4) is 0 Å². The Bertz CT molecular complexity index is 683. The van der Waals surface area contributed by atoms with Gasteiger partial charge in [0.05, 0.1) is 0 Å². The van der Waals surface area contributed by atoms with Crippen LogP contribution in [0.5, 0.6) is 0 Å². The van der Waals surface area contributed by atoms with E-state index in [0.717, 1.165) is 22.7 Å². The lowest BCUT2D eigenvalue weighted by Gasteiger charge is -2.08. The fourth-order valence-corrected chi connectivity index (χ4v) is 3.23. The summed E-state index contributed by atoms with van der Waals surface area (Å²) in [5, 5.41) is 2.80. The van der Waals surface area contributed by atoms with Crippen molar-refractivity contribution in [2.45, 2.75) is 53.4 Å². The number of benzene rings is 2. The minimum atomic E-state index is -0.0209. The lowest BCUT2D eigenvalue weighted by atomic mass is 10.0. The molecule has 0 spiro atoms. The monoisotopic (exact) mass is 309 g/mol. The summed E-state index contributed by atoms with van der Waals surface area (Å²) in [6.07, 6.45) is 2.64. The minimum absolute atomic E-state index is 0.0209. The number of rotatable bonds is 1. The molecule has 1 aliphatic carbocycles. The third-order valence-electron chi connectivity index (χ3n) is 4.59. The van der Waals surface area contributed by atoms with Gasteiger partial charge in [-0.1, -0.05) is 43.3 Å². The second-order valence-electron chi connectivity index (χ2n) is 6.53. The van der Waals surface area contributed by atoms with Gasteiger partial charge in [0.15, 0.2) is 0 Å². The van der Waals surface area contributed by atoms with Crippen molar-refractivity contribution in [3.05, 3.63) is 64.2 Å². The molecule has 1 N–H and O–H groups in total. The normalized spacial score (nSPS) is 15.4. The first-order valence-corrected chi connectivity index (χ1v) is 8.32. The molecule has 1 aliphatic rings. The quantitative estimate of drug-likeness (QED) is 0.760. The summed E-state index contributed by atoms with van der Waals surface area (Å²) in [6.45, 7) is 10.0. The number of carbonyl (C=O) groups excluding carboxylic acids is 1. The number of para-hydroxylation sites is 1. The van der Waals surface area contributed by atoms with Crippen LogP contribution in [0.2, 0.25) is 0 Å². The average Bonchev–Trinajstić information content (AvgIpc) is 2.87. The topological polar surface area (TPSA) is 29.1 Å². The molecule has 3 rings (SSSR count). The number of aryl methyl sites for hydroxylation is 3. The van der Waals surface area contributed by atoms with Gasteiger partial charge in [-0.15, -0.1) is 0 Å². The molecule has 0 heterocycles. The molecule has 0 unspecified atom stereocenters. The lowest BCUT2D eigenvalue weighted by Crippen LogP contribution is -2.08. The third-order valence-corrected chi connectivity index (χ3v) is 4.59. The smallest absolute Gasteiger partial charge is 0.221 e. The molecule has 1 amide bonds. The summed E-state index contributed by atoms with van der Waals surface area (Å²) in [7, 11) is 0. The van der Waals surface area contributed by atoms with E-state index in [-0.39, 0.29) is 5.91 Å². The van der Waals surface area contributed by atoms with Crippen molar-refractivity contribution in [3.63, 3.8) is 0 Å². The second-order valence-corrected chi connectivity index (χ2v) is 6.53. The van der Waals surface area contributed by atoms with Crippen molar-refractivity contribution < 1.29 is 4.79 Å². The van der Waals surface area contributed by atoms with E-state index in [1.165, 1.54) is 25.3 Å². The van der Waals surface area contributed by atoms with E-state index in [9.17, 15) is 4.79 Å². The largest absolute Gasteiger partial charge is 0.326 e. The van der Waals surface area contributed by atoms with Crippen LogP contribution in [0.1, 0.15) is 54.0 Å². The van der Waals surface area contributed by atoms with Crippen molar-refractivity contribution in [3.8, 4) is 0 Å². The fourth-order valence-electron chi connectivity index (χ4n) is 3.23. The first-order valence-electron chi connectivity index (χ1n) is 8.32. The standard InChI is InChI=1S/C11H14.C10H13NO/c1-8-4-3-5-10-9(2)6-7-11(8)10;1-7-5-4-6-8(2)10(7)11-9(3)12/h3-5,9H,6-7H2,1-2H3;4-6H,1-3H3,(H,11,12)/t9-;/m1./s1. The Morgan fingerprint density at radius 3 is 2.13 bits per heavy atom. The molecule has 2 nitrogen and oxygen atoms in total. The van der Waals surface area contributed by atoms with Crippen LogP contribution < -0.4 is 5.32 Å². The summed E-state index contributed by atoms with van der Waals surface area (Å²) in [5.41, 5.74) is 7.82. The van der Waals surface area contributed by atoms with E-state index in [0.29, 0.717) is 0 Å². The molecule has 0 aromatic heterocycles. The zero-order valence-corrected chi connectivity index (χ0v) is 14.9. The van der Waals surface area contributed by atoms with Crippen LogP contribution in [0.25, 0.3) is 0 Å². The molecule has 23 heavy (non-hydrogen) atoms. The van der Waals surface area contributed by atoms with Gasteiger partial charge in [0.25, 0.3) is 0 Å².